The predicted molar refractivity (Wildman–Crippen MR) is 117 cm³/mol. The van der Waals surface area contributed by atoms with Crippen LogP contribution in [0.4, 0.5) is 5.82 Å². The Labute approximate surface area is 172 Å². The maximum atomic E-state index is 6.36. The van der Waals surface area contributed by atoms with Crippen LogP contribution >= 0.6 is 23.2 Å². The molecule has 0 atom stereocenters. The molecule has 3 rings (SSSR count). The normalized spacial score (nSPS) is 16.3. The van der Waals surface area contributed by atoms with E-state index in [4.69, 9.17) is 23.2 Å². The molecule has 6 heteroatoms. The number of allylic oxidation sites excluding steroid dienone is 5. The molecule has 0 radical (unpaired) electrons. The number of nitrogens with zero attached hydrogens (tertiary/aromatic N) is 3. The first-order valence-electron chi connectivity index (χ1n) is 9.48. The number of hydrogen-bond acceptors (Lipinski definition) is 3. The molecule has 27 heavy (non-hydrogen) atoms. The van der Waals surface area contributed by atoms with Gasteiger partial charge < -0.3 is 9.88 Å². The third-order valence-electron chi connectivity index (χ3n) is 4.69. The molecular formula is C21H28Cl2N4. The topological polar surface area (TPSA) is 44.8 Å². The largest absolute Gasteiger partial charge is 0.356 e. The van der Waals surface area contributed by atoms with E-state index in [0.717, 1.165) is 54.8 Å². The van der Waals surface area contributed by atoms with Gasteiger partial charge in [-0.05, 0) is 49.8 Å². The summed E-state index contributed by atoms with van der Waals surface area (Å²) in [6, 6.07) is 2.04. The van der Waals surface area contributed by atoms with Crippen molar-refractivity contribution < 1.29 is 0 Å². The van der Waals surface area contributed by atoms with Gasteiger partial charge in [0.25, 0.3) is 0 Å². The van der Waals surface area contributed by atoms with Gasteiger partial charge in [-0.25, -0.2) is 9.97 Å². The van der Waals surface area contributed by atoms with E-state index in [0.29, 0.717) is 16.0 Å². The number of anilines is 1. The first-order chi connectivity index (χ1) is 13.1. The number of nitrogens with one attached hydrogen (secondary N) is 1. The van der Waals surface area contributed by atoms with E-state index in [1.54, 1.807) is 12.4 Å². The summed E-state index contributed by atoms with van der Waals surface area (Å²) in [5.74, 6) is 1.63. The Hall–Kier alpha value is -1.78. The SMILES string of the molecule is C=C(Cl)/C=C(Cl)\C(=C/C)CC1CCN(c2ncnc3[nH]ccc23)CC1.CC. The van der Waals surface area contributed by atoms with Gasteiger partial charge in [0.2, 0.25) is 0 Å². The number of piperidine rings is 1. The van der Waals surface area contributed by atoms with Crippen molar-refractivity contribution in [2.24, 2.45) is 5.92 Å². The van der Waals surface area contributed by atoms with E-state index in [1.807, 2.05) is 33.0 Å². The first kappa shape index (κ1) is 21.5. The van der Waals surface area contributed by atoms with Gasteiger partial charge in [0, 0.05) is 29.4 Å². The van der Waals surface area contributed by atoms with Crippen LogP contribution in [0.25, 0.3) is 11.0 Å². The molecule has 0 bridgehead atoms. The number of aromatic nitrogens is 3. The van der Waals surface area contributed by atoms with Gasteiger partial charge in [0.05, 0.1) is 5.39 Å². The van der Waals surface area contributed by atoms with Gasteiger partial charge in [-0.1, -0.05) is 49.7 Å². The number of halogens is 2. The van der Waals surface area contributed by atoms with Crippen LogP contribution in [0.15, 0.2) is 53.0 Å². The van der Waals surface area contributed by atoms with Crippen molar-refractivity contribution in [3.63, 3.8) is 0 Å². The van der Waals surface area contributed by atoms with Gasteiger partial charge in [-0.2, -0.15) is 0 Å². The van der Waals surface area contributed by atoms with Crippen molar-refractivity contribution in [3.05, 3.63) is 53.0 Å². The molecule has 2 aromatic heterocycles. The maximum absolute atomic E-state index is 6.36. The average Bonchev–Trinajstić information content (AvgIpc) is 3.16. The minimum absolute atomic E-state index is 0.457. The van der Waals surface area contributed by atoms with Gasteiger partial charge >= 0.3 is 0 Å². The van der Waals surface area contributed by atoms with E-state index >= 15 is 0 Å². The summed E-state index contributed by atoms with van der Waals surface area (Å²) in [6.45, 7) is 11.7. The molecule has 1 aliphatic heterocycles. The van der Waals surface area contributed by atoms with Crippen molar-refractivity contribution in [2.45, 2.75) is 40.0 Å². The van der Waals surface area contributed by atoms with Crippen LogP contribution < -0.4 is 4.90 Å². The summed E-state index contributed by atoms with van der Waals surface area (Å²) >= 11 is 12.2. The van der Waals surface area contributed by atoms with Crippen LogP contribution in [0.1, 0.15) is 40.0 Å². The van der Waals surface area contributed by atoms with Gasteiger partial charge in [0.15, 0.2) is 0 Å². The van der Waals surface area contributed by atoms with Crippen LogP contribution in [0.2, 0.25) is 0 Å². The molecular weight excluding hydrogens is 379 g/mol. The lowest BCUT2D eigenvalue weighted by Gasteiger charge is -2.33. The molecule has 1 aliphatic rings. The summed E-state index contributed by atoms with van der Waals surface area (Å²) in [4.78, 5) is 14.3. The molecule has 1 N–H and O–H groups in total. The number of rotatable bonds is 5. The minimum Gasteiger partial charge on any atom is -0.356 e. The Kier molecular flexibility index (Phi) is 8.39. The molecule has 3 heterocycles. The lowest BCUT2D eigenvalue weighted by molar-refractivity contribution is 0.403. The molecule has 2 aromatic rings. The van der Waals surface area contributed by atoms with Crippen molar-refractivity contribution in [3.8, 4) is 0 Å². The summed E-state index contributed by atoms with van der Waals surface area (Å²) in [7, 11) is 0. The molecule has 0 aliphatic carbocycles. The molecule has 1 saturated heterocycles. The van der Waals surface area contributed by atoms with Gasteiger partial charge in [-0.3, -0.25) is 0 Å². The molecule has 4 nitrogen and oxygen atoms in total. The number of aromatic amines is 1. The highest BCUT2D eigenvalue weighted by Crippen LogP contribution is 2.32. The highest BCUT2D eigenvalue weighted by Gasteiger charge is 2.23. The first-order valence-corrected chi connectivity index (χ1v) is 10.2. The number of fused-ring (bicyclic) bond motifs is 1. The smallest absolute Gasteiger partial charge is 0.142 e. The van der Waals surface area contributed by atoms with E-state index in [-0.39, 0.29) is 0 Å². The van der Waals surface area contributed by atoms with Gasteiger partial charge in [0.1, 0.15) is 17.8 Å². The van der Waals surface area contributed by atoms with Crippen molar-refractivity contribution in [1.29, 1.82) is 0 Å². The quantitative estimate of drug-likeness (QED) is 0.583. The van der Waals surface area contributed by atoms with Crippen LogP contribution in [0.5, 0.6) is 0 Å². The van der Waals surface area contributed by atoms with Gasteiger partial charge in [-0.15, -0.1) is 0 Å². The summed E-state index contributed by atoms with van der Waals surface area (Å²) in [5.41, 5.74) is 2.03. The second-order valence-electron chi connectivity index (χ2n) is 6.32. The molecule has 1 fully saturated rings. The fourth-order valence-electron chi connectivity index (χ4n) is 3.35. The Morgan fingerprint density at radius 2 is 2.00 bits per heavy atom. The third-order valence-corrected chi connectivity index (χ3v) is 5.16. The number of hydrogen-bond donors (Lipinski definition) is 1. The predicted octanol–water partition coefficient (Wildman–Crippen LogP) is 6.41. The molecule has 0 saturated carbocycles. The number of H-pyrrole nitrogens is 1. The van der Waals surface area contributed by atoms with E-state index in [1.165, 1.54) is 0 Å². The zero-order chi connectivity index (χ0) is 19.8. The van der Waals surface area contributed by atoms with Crippen molar-refractivity contribution in [2.75, 3.05) is 18.0 Å². The van der Waals surface area contributed by atoms with Crippen LogP contribution in [-0.4, -0.2) is 28.0 Å². The van der Waals surface area contributed by atoms with E-state index < -0.39 is 0 Å². The summed E-state index contributed by atoms with van der Waals surface area (Å²) in [6.07, 6.45) is 10.5. The molecule has 0 spiro atoms. The highest BCUT2D eigenvalue weighted by atomic mass is 35.5. The summed E-state index contributed by atoms with van der Waals surface area (Å²) < 4.78 is 0. The molecule has 0 amide bonds. The lowest BCUT2D eigenvalue weighted by Crippen LogP contribution is -2.34. The second kappa shape index (κ2) is 10.5. The average molecular weight is 407 g/mol. The lowest BCUT2D eigenvalue weighted by atomic mass is 9.89. The van der Waals surface area contributed by atoms with Crippen LogP contribution in [0, 0.1) is 5.92 Å². The molecule has 0 aromatic carbocycles. The third kappa shape index (κ3) is 5.60. The summed E-state index contributed by atoms with van der Waals surface area (Å²) in [5, 5.41) is 2.23. The molecule has 146 valence electrons. The maximum Gasteiger partial charge on any atom is 0.142 e. The second-order valence-corrected chi connectivity index (χ2v) is 7.22. The van der Waals surface area contributed by atoms with Crippen molar-refractivity contribution in [1.82, 2.24) is 15.0 Å². The molecule has 0 unspecified atom stereocenters. The standard InChI is InChI=1S/C19H22Cl2N4.C2H6/c1-3-15(17(21)10-13(2)20)11-14-5-8-25(9-6-14)19-16-4-7-22-18(16)23-12-24-19;1-2/h3-4,7,10,12,14H,2,5-6,8-9,11H2,1H3,(H,22,23,24);1-2H3/b15-3-,17-10+;. The zero-order valence-corrected chi connectivity index (χ0v) is 17.8. The Bertz CT molecular complexity index is 814. The Morgan fingerprint density at radius 3 is 2.63 bits per heavy atom. The minimum atomic E-state index is 0.457. The Balaban J connectivity index is 0.00000126. The fourth-order valence-corrected chi connectivity index (χ4v) is 3.84. The fraction of sp³-hybridized carbons (Fsp3) is 0.429. The van der Waals surface area contributed by atoms with E-state index in [2.05, 4.69) is 32.5 Å². The monoisotopic (exact) mass is 406 g/mol. The Morgan fingerprint density at radius 1 is 1.30 bits per heavy atom. The van der Waals surface area contributed by atoms with Crippen molar-refractivity contribution >= 4 is 40.1 Å². The van der Waals surface area contributed by atoms with Crippen LogP contribution in [0.3, 0.4) is 0 Å². The zero-order valence-electron chi connectivity index (χ0n) is 16.3. The highest BCUT2D eigenvalue weighted by molar-refractivity contribution is 6.35. The van der Waals surface area contributed by atoms with E-state index in [9.17, 15) is 0 Å². The van der Waals surface area contributed by atoms with Crippen LogP contribution in [-0.2, 0) is 0 Å².